The Bertz CT molecular complexity index is 450. The van der Waals surface area contributed by atoms with Crippen molar-refractivity contribution < 1.29 is 0 Å². The molecule has 0 nitrogen and oxygen atoms in total. The van der Waals surface area contributed by atoms with E-state index < -0.39 is 0 Å². The van der Waals surface area contributed by atoms with Gasteiger partial charge < -0.3 is 0 Å². The van der Waals surface area contributed by atoms with Gasteiger partial charge >= 0.3 is 0 Å². The highest BCUT2D eigenvalue weighted by Crippen LogP contribution is 2.17. The molecule has 0 aromatic rings. The van der Waals surface area contributed by atoms with Gasteiger partial charge in [-0.05, 0) is 0 Å². The van der Waals surface area contributed by atoms with Gasteiger partial charge in [-0.25, -0.2) is 0 Å². The summed E-state index contributed by atoms with van der Waals surface area (Å²) < 4.78 is 0. The zero-order valence-corrected chi connectivity index (χ0v) is 35.8. The van der Waals surface area contributed by atoms with Crippen LogP contribution in [0.5, 0.6) is 0 Å². The largest absolute Gasteiger partial charge is 0.0654 e. The second-order valence-electron chi connectivity index (χ2n) is 16.5. The number of rotatable bonds is 43. The van der Waals surface area contributed by atoms with E-state index >= 15 is 0 Å². The van der Waals surface area contributed by atoms with Crippen molar-refractivity contribution in [2.75, 3.05) is 0 Å². The van der Waals surface area contributed by atoms with Gasteiger partial charge in [-0.3, -0.25) is 0 Å². The molecule has 49 heavy (non-hydrogen) atoms. The van der Waals surface area contributed by atoms with Crippen LogP contribution in [0.15, 0.2) is 0 Å². The molecule has 0 heterocycles. The van der Waals surface area contributed by atoms with Gasteiger partial charge in [0.25, 0.3) is 0 Å². The van der Waals surface area contributed by atoms with E-state index in [0.717, 1.165) is 0 Å². The van der Waals surface area contributed by atoms with Crippen molar-refractivity contribution in [2.24, 2.45) is 0 Å². The van der Waals surface area contributed by atoms with Crippen molar-refractivity contribution in [1.29, 1.82) is 0 Å². The molecule has 0 unspecified atom stereocenters. The fraction of sp³-hybridized carbons (Fsp3) is 1.00. The van der Waals surface area contributed by atoms with E-state index in [1.54, 1.807) is 0 Å². The topological polar surface area (TPSA) is 0 Å². The summed E-state index contributed by atoms with van der Waals surface area (Å²) in [5, 5.41) is 0. The third kappa shape index (κ3) is 54.9. The fourth-order valence-electron chi connectivity index (χ4n) is 7.54. The minimum Gasteiger partial charge on any atom is -0.0654 e. The highest BCUT2D eigenvalue weighted by atomic mass is 14.0. The van der Waals surface area contributed by atoms with E-state index in [0.29, 0.717) is 0 Å². The standard InChI is InChI=1S/C25H52.C24H50/c1-3-5-7-9-11-13-15-17-19-21-23-25-24-22-20-18-16-14-12-10-8-6-4-2;1-3-5-7-9-11-13-15-17-19-21-23-24-22-20-18-16-14-12-10-8-6-4-2/h3-25H2,1-2H3;3-24H2,1-2H3. The van der Waals surface area contributed by atoms with Crippen molar-refractivity contribution in [2.45, 2.75) is 317 Å². The van der Waals surface area contributed by atoms with Crippen molar-refractivity contribution >= 4 is 0 Å². The zero-order chi connectivity index (χ0) is 35.8. The Labute approximate surface area is 315 Å². The van der Waals surface area contributed by atoms with Gasteiger partial charge in [0.15, 0.2) is 0 Å². The van der Waals surface area contributed by atoms with Crippen molar-refractivity contribution in [3.63, 3.8) is 0 Å². The maximum absolute atomic E-state index is 2.30. The van der Waals surface area contributed by atoms with E-state index in [1.165, 1.54) is 289 Å². The Morgan fingerprint density at radius 1 is 0.102 bits per heavy atom. The van der Waals surface area contributed by atoms with Crippen LogP contribution in [0.25, 0.3) is 0 Å². The summed E-state index contributed by atoms with van der Waals surface area (Å²) in [5.74, 6) is 0. The molecule has 0 heteroatoms. The van der Waals surface area contributed by atoms with E-state index in [2.05, 4.69) is 27.7 Å². The molecule has 298 valence electrons. The van der Waals surface area contributed by atoms with Crippen LogP contribution in [0, 0.1) is 0 Å². The second kappa shape index (κ2) is 52.4. The van der Waals surface area contributed by atoms with Crippen molar-refractivity contribution in [1.82, 2.24) is 0 Å². The lowest BCUT2D eigenvalue weighted by Gasteiger charge is -2.04. The molecule has 0 saturated heterocycles. The minimum atomic E-state index is 1.37. The van der Waals surface area contributed by atoms with Gasteiger partial charge in [-0.15, -0.1) is 0 Å². The molecule has 0 N–H and O–H groups in total. The van der Waals surface area contributed by atoms with Crippen LogP contribution >= 0.6 is 0 Å². The summed E-state index contributed by atoms with van der Waals surface area (Å²) in [7, 11) is 0. The number of hydrogen-bond acceptors (Lipinski definition) is 0. The van der Waals surface area contributed by atoms with Crippen LogP contribution in [0.1, 0.15) is 317 Å². The Morgan fingerprint density at radius 2 is 0.163 bits per heavy atom. The van der Waals surface area contributed by atoms with Gasteiger partial charge in [0.2, 0.25) is 0 Å². The predicted octanol–water partition coefficient (Wildman–Crippen LogP) is 19.6. The van der Waals surface area contributed by atoms with Gasteiger partial charge in [0.05, 0.1) is 0 Å². The smallest absolute Gasteiger partial charge is 0.0533 e. The second-order valence-corrected chi connectivity index (χ2v) is 16.5. The Hall–Kier alpha value is 0. The SMILES string of the molecule is CCCCCCCCCCCCCCCCCCCCCCCC.CCCCCCCCCCCCCCCCCCCCCCCCC. The molecular weight excluding hydrogens is 589 g/mol. The molecule has 0 amide bonds. The van der Waals surface area contributed by atoms with Crippen LogP contribution in [-0.4, -0.2) is 0 Å². The summed E-state index contributed by atoms with van der Waals surface area (Å²) in [6.07, 6.45) is 66.3. The third-order valence-corrected chi connectivity index (χ3v) is 11.2. The molecule has 0 radical (unpaired) electrons. The van der Waals surface area contributed by atoms with Gasteiger partial charge in [-0.1, -0.05) is 317 Å². The minimum absolute atomic E-state index is 1.37. The molecule has 0 aromatic carbocycles. The lowest BCUT2D eigenvalue weighted by Crippen LogP contribution is -1.84. The lowest BCUT2D eigenvalue weighted by molar-refractivity contribution is 0.519. The lowest BCUT2D eigenvalue weighted by atomic mass is 10.0. The maximum Gasteiger partial charge on any atom is -0.0533 e. The van der Waals surface area contributed by atoms with E-state index in [9.17, 15) is 0 Å². The first-order chi connectivity index (χ1) is 24.3. The molecule has 0 rings (SSSR count). The average molecular weight is 691 g/mol. The van der Waals surface area contributed by atoms with Crippen LogP contribution in [0.2, 0.25) is 0 Å². The molecule has 0 saturated carbocycles. The summed E-state index contributed by atoms with van der Waals surface area (Å²) in [4.78, 5) is 0. The normalized spacial score (nSPS) is 11.3. The predicted molar refractivity (Wildman–Crippen MR) is 230 cm³/mol. The van der Waals surface area contributed by atoms with E-state index in [1.807, 2.05) is 0 Å². The molecule has 0 aliphatic rings. The first kappa shape index (κ1) is 51.1. The van der Waals surface area contributed by atoms with Crippen LogP contribution in [-0.2, 0) is 0 Å². The zero-order valence-electron chi connectivity index (χ0n) is 35.8. The first-order valence-electron chi connectivity index (χ1n) is 24.3. The third-order valence-electron chi connectivity index (χ3n) is 11.2. The van der Waals surface area contributed by atoms with Crippen LogP contribution in [0.3, 0.4) is 0 Å². The van der Waals surface area contributed by atoms with E-state index in [-0.39, 0.29) is 0 Å². The molecule has 0 fully saturated rings. The Kier molecular flexibility index (Phi) is 54.6. The highest BCUT2D eigenvalue weighted by Gasteiger charge is 1.97. The number of hydrogen-bond donors (Lipinski definition) is 0. The quantitative estimate of drug-likeness (QED) is 0.0559. The Balaban J connectivity index is 0. The Morgan fingerprint density at radius 3 is 0.224 bits per heavy atom. The molecule has 0 aliphatic heterocycles. The molecule has 0 spiro atoms. The van der Waals surface area contributed by atoms with Gasteiger partial charge in [0, 0.05) is 0 Å². The van der Waals surface area contributed by atoms with Crippen molar-refractivity contribution in [3.8, 4) is 0 Å². The number of unbranched alkanes of at least 4 members (excludes halogenated alkanes) is 43. The fourth-order valence-corrected chi connectivity index (χ4v) is 7.54. The van der Waals surface area contributed by atoms with Crippen LogP contribution < -0.4 is 0 Å². The van der Waals surface area contributed by atoms with E-state index in [4.69, 9.17) is 0 Å². The van der Waals surface area contributed by atoms with Crippen LogP contribution in [0.4, 0.5) is 0 Å². The molecule has 0 aromatic heterocycles. The van der Waals surface area contributed by atoms with Crippen molar-refractivity contribution in [3.05, 3.63) is 0 Å². The summed E-state index contributed by atoms with van der Waals surface area (Å²) in [6.45, 7) is 9.21. The van der Waals surface area contributed by atoms with Gasteiger partial charge in [0.1, 0.15) is 0 Å². The average Bonchev–Trinajstić information content (AvgIpc) is 3.12. The molecule has 0 bridgehead atoms. The monoisotopic (exact) mass is 691 g/mol. The summed E-state index contributed by atoms with van der Waals surface area (Å²) in [6, 6.07) is 0. The summed E-state index contributed by atoms with van der Waals surface area (Å²) >= 11 is 0. The maximum atomic E-state index is 2.30. The molecular formula is C49H102. The molecule has 0 atom stereocenters. The first-order valence-corrected chi connectivity index (χ1v) is 24.3. The van der Waals surface area contributed by atoms with Gasteiger partial charge in [-0.2, -0.15) is 0 Å². The highest BCUT2D eigenvalue weighted by molar-refractivity contribution is 4.53. The molecule has 0 aliphatic carbocycles. The summed E-state index contributed by atoms with van der Waals surface area (Å²) in [5.41, 5.74) is 0.